The molecular formula is C37H33BrClFN8O3S2. The Morgan fingerprint density at radius 2 is 1.70 bits per heavy atom. The maximum Gasteiger partial charge on any atom is 0.236 e. The minimum atomic E-state index is -0.544. The number of aliphatic hydroxyl groups is 1. The Morgan fingerprint density at radius 1 is 1.08 bits per heavy atom. The van der Waals surface area contributed by atoms with Gasteiger partial charge in [-0.1, -0.05) is 81.4 Å². The number of ether oxygens (including phenoxy) is 1. The molecule has 0 unspecified atom stereocenters. The van der Waals surface area contributed by atoms with Crippen LogP contribution in [0.2, 0.25) is 5.02 Å². The van der Waals surface area contributed by atoms with Gasteiger partial charge in [-0.05, 0) is 48.0 Å². The van der Waals surface area contributed by atoms with E-state index in [0.717, 1.165) is 28.0 Å². The van der Waals surface area contributed by atoms with E-state index in [-0.39, 0.29) is 70.0 Å². The molecule has 1 aromatic heterocycles. The molecule has 0 aliphatic heterocycles. The van der Waals surface area contributed by atoms with Crippen molar-refractivity contribution in [1.29, 1.82) is 5.26 Å². The number of ketones is 1. The van der Waals surface area contributed by atoms with Crippen molar-refractivity contribution in [3.05, 3.63) is 144 Å². The average molecular weight is 836 g/mol. The van der Waals surface area contributed by atoms with Crippen LogP contribution in [0.25, 0.3) is 15.9 Å². The van der Waals surface area contributed by atoms with Crippen LogP contribution in [0.5, 0.6) is 0 Å². The number of carbonyl (C=O) groups excluding carboxylic acids is 1. The lowest BCUT2D eigenvalue weighted by Crippen LogP contribution is -2.15. The van der Waals surface area contributed by atoms with Crippen molar-refractivity contribution in [3.8, 4) is 6.07 Å². The van der Waals surface area contributed by atoms with E-state index in [9.17, 15) is 10.1 Å². The molecule has 0 saturated heterocycles. The molecule has 4 aromatic carbocycles. The zero-order chi connectivity index (χ0) is 38.7. The van der Waals surface area contributed by atoms with Gasteiger partial charge in [-0.2, -0.15) is 5.26 Å². The number of nitrogens with two attached hydrogens (primary N) is 4. The summed E-state index contributed by atoms with van der Waals surface area (Å²) < 4.78 is 22.8. The number of aryl methyl sites for hydroxylation is 1. The Labute approximate surface area is 327 Å². The number of anilines is 2. The minimum absolute atomic E-state index is 0.00718. The van der Waals surface area contributed by atoms with Crippen LogP contribution in [0, 0.1) is 23.7 Å². The van der Waals surface area contributed by atoms with Crippen LogP contribution >= 0.6 is 51.1 Å². The van der Waals surface area contributed by atoms with Gasteiger partial charge in [-0.25, -0.2) is 14.2 Å². The largest absolute Gasteiger partial charge is 0.402 e. The number of fused-ring (bicyclic) bond motifs is 1. The monoisotopic (exact) mass is 834 g/mol. The summed E-state index contributed by atoms with van der Waals surface area (Å²) in [5.41, 5.74) is 26.9. The summed E-state index contributed by atoms with van der Waals surface area (Å²) in [4.78, 5) is 21.6. The Bertz CT molecular complexity index is 2220. The van der Waals surface area contributed by atoms with E-state index in [1.165, 1.54) is 6.33 Å². The number of benzene rings is 4. The molecule has 0 radical (unpaired) electrons. The summed E-state index contributed by atoms with van der Waals surface area (Å²) in [5, 5.41) is 19.1. The minimum Gasteiger partial charge on any atom is -0.402 e. The number of thioether (sulfide) groups is 2. The average Bonchev–Trinajstić information content (AvgIpc) is 3.51. The molecule has 1 heterocycles. The number of imidazole rings is 1. The summed E-state index contributed by atoms with van der Waals surface area (Å²) in [5.74, 6) is -0.911. The van der Waals surface area contributed by atoms with Crippen LogP contribution in [0.4, 0.5) is 15.8 Å². The van der Waals surface area contributed by atoms with Crippen LogP contribution in [0.3, 0.4) is 0 Å². The Hall–Kier alpha value is -5.00. The first kappa shape index (κ1) is 40.8. The Kier molecular flexibility index (Phi) is 14.8. The summed E-state index contributed by atoms with van der Waals surface area (Å²) in [6.07, 6.45) is 1.65. The summed E-state index contributed by atoms with van der Waals surface area (Å²) in [7, 11) is 1.73. The number of hydrogen-bond donors (Lipinski definition) is 5. The van der Waals surface area contributed by atoms with E-state index >= 15 is 4.39 Å². The van der Waals surface area contributed by atoms with Gasteiger partial charge in [0.1, 0.15) is 12.1 Å². The number of para-hydroxylation sites is 2. The molecule has 53 heavy (non-hydrogen) atoms. The first-order valence-corrected chi connectivity index (χ1v) is 18.3. The fourth-order valence-electron chi connectivity index (χ4n) is 4.79. The second-order valence-corrected chi connectivity index (χ2v) is 14.5. The quantitative estimate of drug-likeness (QED) is 0.0160. The maximum absolute atomic E-state index is 15.2. The molecule has 5 aromatic rings. The highest BCUT2D eigenvalue weighted by molar-refractivity contribution is 9.10. The zero-order valence-electron chi connectivity index (χ0n) is 28.1. The number of aromatic nitrogens is 2. The van der Waals surface area contributed by atoms with Gasteiger partial charge < -0.3 is 37.3 Å². The number of allylic oxidation sites excluding steroid dienone is 1. The maximum atomic E-state index is 15.2. The normalized spacial score (nSPS) is 11.8. The molecule has 0 bridgehead atoms. The number of nitrogen functional groups attached to an aromatic ring is 2. The van der Waals surface area contributed by atoms with Crippen LogP contribution in [-0.4, -0.2) is 40.3 Å². The number of rotatable bonds is 12. The summed E-state index contributed by atoms with van der Waals surface area (Å²) >= 11 is 11.9. The molecule has 16 heteroatoms. The third-order valence-electron chi connectivity index (χ3n) is 7.43. The van der Waals surface area contributed by atoms with Crippen LogP contribution in [0.15, 0.2) is 115 Å². The number of nitriles is 1. The zero-order valence-corrected chi connectivity index (χ0v) is 32.1. The van der Waals surface area contributed by atoms with Gasteiger partial charge in [0.05, 0.1) is 53.3 Å². The van der Waals surface area contributed by atoms with Gasteiger partial charge in [-0.15, -0.1) is 0 Å². The highest BCUT2D eigenvalue weighted by Crippen LogP contribution is 2.36. The summed E-state index contributed by atoms with van der Waals surface area (Å²) in [6, 6.07) is 23.2. The smallest absolute Gasteiger partial charge is 0.236 e. The molecule has 0 atom stereocenters. The van der Waals surface area contributed by atoms with E-state index in [1.54, 1.807) is 66.2 Å². The van der Waals surface area contributed by atoms with Crippen molar-refractivity contribution in [2.45, 2.75) is 16.2 Å². The van der Waals surface area contributed by atoms with Crippen molar-refractivity contribution in [2.75, 3.05) is 31.3 Å². The lowest BCUT2D eigenvalue weighted by Gasteiger charge is -2.13. The highest BCUT2D eigenvalue weighted by atomic mass is 79.9. The molecular weight excluding hydrogens is 803 g/mol. The van der Waals surface area contributed by atoms with Crippen molar-refractivity contribution in [3.63, 3.8) is 0 Å². The number of nitrogens with zero attached hydrogens (tertiary/aromatic N) is 4. The number of Topliss-reactive ketones (excluding diaryl/α,β-unsaturated/α-hetero) is 1. The highest BCUT2D eigenvalue weighted by Gasteiger charge is 2.22. The topological polar surface area (TPSA) is 197 Å². The van der Waals surface area contributed by atoms with E-state index < -0.39 is 5.82 Å². The van der Waals surface area contributed by atoms with Gasteiger partial charge in [0, 0.05) is 55.3 Å². The number of carbonyl (C=O) groups is 1. The van der Waals surface area contributed by atoms with Gasteiger partial charge in [-0.3, -0.25) is 4.79 Å². The fraction of sp³-hybridized carbons (Fsp3) is 0.135. The molecule has 5 rings (SSSR count). The molecule has 0 aliphatic rings. The van der Waals surface area contributed by atoms with E-state index in [4.69, 9.17) is 51.0 Å². The van der Waals surface area contributed by atoms with Gasteiger partial charge in [0.25, 0.3) is 0 Å². The fourth-order valence-corrected chi connectivity index (χ4v) is 7.16. The lowest BCUT2D eigenvalue weighted by atomic mass is 9.95. The number of aliphatic hydroxyl groups excluding tert-OH is 1. The lowest BCUT2D eigenvalue weighted by molar-refractivity contribution is 0.0663. The van der Waals surface area contributed by atoms with Gasteiger partial charge >= 0.3 is 0 Å². The molecule has 0 fully saturated rings. The number of hydrogen-bond acceptors (Lipinski definition) is 11. The number of halogens is 3. The Balaban J connectivity index is 0.000000237. The molecule has 0 aliphatic carbocycles. The SMILES string of the molecule is Cn1cnc2c(F)c(Cc3ccc(Br)cc3Cl)c(C(=O)COCCO)cc21.[C-]#[N+]C(=C(/N)Sc1ccccc1N)/C(C#N)=C(\N)Sc1ccccc1N. The Morgan fingerprint density at radius 3 is 2.26 bits per heavy atom. The third-order valence-corrected chi connectivity index (χ3v) is 10.3. The van der Waals surface area contributed by atoms with Crippen molar-refractivity contribution >= 4 is 79.2 Å². The van der Waals surface area contributed by atoms with E-state index in [1.807, 2.05) is 24.3 Å². The van der Waals surface area contributed by atoms with Crippen LogP contribution < -0.4 is 22.9 Å². The standard InChI is InChI=1S/C19H17BrClFN2O3.C18H16N6S2/c1-24-10-23-19-16(24)8-13(17(26)9-27-5-4-25)14(18(19)22)6-11-2-3-12(20)7-15(11)21;1-24-16(18(23)26-15-9-5-3-7-13(15)21)11(10-19)17(22)25-14-8-4-2-6-12(14)20/h2-3,7-8,10,25H,4-6,9H2,1H3;2-9H,20-23H2/b;17-11+,18-16-. The molecule has 0 amide bonds. The predicted molar refractivity (Wildman–Crippen MR) is 213 cm³/mol. The first-order valence-electron chi connectivity index (χ1n) is 15.5. The second kappa shape index (κ2) is 19.2. The second-order valence-electron chi connectivity index (χ2n) is 11.0. The molecule has 0 saturated carbocycles. The van der Waals surface area contributed by atoms with Crippen molar-refractivity contribution in [2.24, 2.45) is 18.5 Å². The van der Waals surface area contributed by atoms with Gasteiger partial charge in [0.15, 0.2) is 11.6 Å². The van der Waals surface area contributed by atoms with Crippen LogP contribution in [-0.2, 0) is 18.2 Å². The summed E-state index contributed by atoms with van der Waals surface area (Å²) in [6.45, 7) is 7.03. The van der Waals surface area contributed by atoms with Crippen molar-refractivity contribution < 1.29 is 19.0 Å². The first-order chi connectivity index (χ1) is 25.4. The third kappa shape index (κ3) is 10.3. The van der Waals surface area contributed by atoms with E-state index in [0.29, 0.717) is 37.3 Å². The van der Waals surface area contributed by atoms with Gasteiger partial charge in [0.2, 0.25) is 5.70 Å². The molecule has 9 N–H and O–H groups in total. The van der Waals surface area contributed by atoms with Crippen LogP contribution in [0.1, 0.15) is 21.5 Å². The predicted octanol–water partition coefficient (Wildman–Crippen LogP) is 7.39. The van der Waals surface area contributed by atoms with Crippen molar-refractivity contribution in [1.82, 2.24) is 9.55 Å². The molecule has 11 nitrogen and oxygen atoms in total. The van der Waals surface area contributed by atoms with E-state index in [2.05, 4.69) is 25.8 Å². The molecule has 0 spiro atoms. The molecule has 272 valence electrons.